The Labute approximate surface area is 98.2 Å². The third-order valence-electron chi connectivity index (χ3n) is 2.32. The van der Waals surface area contributed by atoms with Gasteiger partial charge in [0.15, 0.2) is 0 Å². The Kier molecular flexibility index (Phi) is 3.64. The van der Waals surface area contributed by atoms with Crippen molar-refractivity contribution in [2.24, 2.45) is 0 Å². The molecule has 1 heterocycles. The minimum absolute atomic E-state index is 0.150. The molecule has 1 N–H and O–H groups in total. The van der Waals surface area contributed by atoms with Gasteiger partial charge in [0.05, 0.1) is 5.01 Å². The Morgan fingerprint density at radius 3 is 2.94 bits per heavy atom. The van der Waals surface area contributed by atoms with E-state index in [2.05, 4.69) is 10.3 Å². The molecule has 0 fully saturated rings. The minimum atomic E-state index is -0.150. The van der Waals surface area contributed by atoms with Crippen LogP contribution in [0.15, 0.2) is 29.8 Å². The first-order valence-electron chi connectivity index (χ1n) is 5.10. The molecule has 2 rings (SSSR count). The first-order chi connectivity index (χ1) is 7.79. The molecule has 0 radical (unpaired) electrons. The maximum Gasteiger partial charge on any atom is 0.127 e. The zero-order valence-corrected chi connectivity index (χ0v) is 9.85. The van der Waals surface area contributed by atoms with E-state index in [1.807, 2.05) is 24.6 Å². The summed E-state index contributed by atoms with van der Waals surface area (Å²) in [5, 5.41) is 5.89. The zero-order chi connectivity index (χ0) is 11.4. The van der Waals surface area contributed by atoms with Gasteiger partial charge in [-0.15, -0.1) is 11.3 Å². The van der Waals surface area contributed by atoms with Gasteiger partial charge in [-0.3, -0.25) is 0 Å². The molecule has 2 aromatic rings. The molecule has 2 nitrogen and oxygen atoms in total. The van der Waals surface area contributed by atoms with E-state index in [0.29, 0.717) is 18.5 Å². The van der Waals surface area contributed by atoms with Gasteiger partial charge in [0, 0.05) is 30.1 Å². The van der Waals surface area contributed by atoms with E-state index < -0.39 is 0 Å². The molecule has 0 bridgehead atoms. The fourth-order valence-electron chi connectivity index (χ4n) is 1.55. The number of rotatable bonds is 4. The molecule has 1 aromatic heterocycles. The lowest BCUT2D eigenvalue weighted by molar-refractivity contribution is 0.599. The van der Waals surface area contributed by atoms with Crippen LogP contribution < -0.4 is 5.32 Å². The number of nitrogens with one attached hydrogen (secondary N) is 1. The first-order valence-corrected chi connectivity index (χ1v) is 5.98. The van der Waals surface area contributed by atoms with Crippen LogP contribution >= 0.6 is 11.3 Å². The Morgan fingerprint density at radius 1 is 1.44 bits per heavy atom. The van der Waals surface area contributed by atoms with Crippen molar-refractivity contribution in [2.45, 2.75) is 13.0 Å². The average molecular weight is 236 g/mol. The fraction of sp³-hybridized carbons (Fsp3) is 0.250. The summed E-state index contributed by atoms with van der Waals surface area (Å²) in [5.41, 5.74) is 1.66. The van der Waals surface area contributed by atoms with Crippen molar-refractivity contribution in [1.82, 2.24) is 10.3 Å². The summed E-state index contributed by atoms with van der Waals surface area (Å²) in [7, 11) is 1.81. The van der Waals surface area contributed by atoms with Crippen LogP contribution in [0.25, 0.3) is 0 Å². The van der Waals surface area contributed by atoms with Gasteiger partial charge in [0.1, 0.15) is 5.82 Å². The fourth-order valence-corrected chi connectivity index (χ4v) is 2.20. The average Bonchev–Trinajstić information content (AvgIpc) is 2.75. The van der Waals surface area contributed by atoms with Gasteiger partial charge >= 0.3 is 0 Å². The number of hydrogen-bond donors (Lipinski definition) is 1. The van der Waals surface area contributed by atoms with Crippen LogP contribution in [0.5, 0.6) is 0 Å². The Morgan fingerprint density at radius 2 is 2.31 bits per heavy atom. The van der Waals surface area contributed by atoms with E-state index in [1.165, 1.54) is 0 Å². The predicted octanol–water partition coefficient (Wildman–Crippen LogP) is 2.59. The van der Waals surface area contributed by atoms with Crippen molar-refractivity contribution < 1.29 is 4.39 Å². The van der Waals surface area contributed by atoms with Crippen molar-refractivity contribution in [1.29, 1.82) is 0 Å². The number of nitrogens with zero attached hydrogens (tertiary/aromatic N) is 1. The molecule has 84 valence electrons. The largest absolute Gasteiger partial charge is 0.316 e. The summed E-state index contributed by atoms with van der Waals surface area (Å²) < 4.78 is 13.6. The molecule has 0 atom stereocenters. The summed E-state index contributed by atoms with van der Waals surface area (Å²) >= 11 is 1.59. The number of thiazole rings is 1. The minimum Gasteiger partial charge on any atom is -0.316 e. The maximum atomic E-state index is 13.6. The van der Waals surface area contributed by atoms with E-state index in [0.717, 1.165) is 10.6 Å². The molecule has 0 unspecified atom stereocenters. The molecule has 16 heavy (non-hydrogen) atoms. The number of hydrogen-bond acceptors (Lipinski definition) is 3. The lowest BCUT2D eigenvalue weighted by atomic mass is 10.1. The Hall–Kier alpha value is -1.26. The van der Waals surface area contributed by atoms with Crippen LogP contribution in [0.3, 0.4) is 0 Å². The van der Waals surface area contributed by atoms with E-state index in [9.17, 15) is 4.39 Å². The highest BCUT2D eigenvalue weighted by Gasteiger charge is 2.04. The molecule has 0 aliphatic carbocycles. The van der Waals surface area contributed by atoms with Gasteiger partial charge < -0.3 is 5.32 Å². The highest BCUT2D eigenvalue weighted by Crippen LogP contribution is 2.15. The van der Waals surface area contributed by atoms with Crippen LogP contribution in [0, 0.1) is 5.82 Å². The second-order valence-corrected chi connectivity index (χ2v) is 4.54. The number of halogens is 1. The lowest BCUT2D eigenvalue weighted by Gasteiger charge is -2.04. The number of benzene rings is 1. The summed E-state index contributed by atoms with van der Waals surface area (Å²) in [4.78, 5) is 4.18. The molecule has 0 saturated carbocycles. The van der Waals surface area contributed by atoms with Crippen molar-refractivity contribution in [2.75, 3.05) is 7.05 Å². The monoisotopic (exact) mass is 236 g/mol. The van der Waals surface area contributed by atoms with E-state index >= 15 is 0 Å². The van der Waals surface area contributed by atoms with E-state index in [-0.39, 0.29) is 5.82 Å². The smallest absolute Gasteiger partial charge is 0.127 e. The van der Waals surface area contributed by atoms with Gasteiger partial charge in [-0.05, 0) is 18.7 Å². The van der Waals surface area contributed by atoms with Gasteiger partial charge in [-0.1, -0.05) is 12.1 Å². The molecule has 0 spiro atoms. The van der Waals surface area contributed by atoms with Crippen molar-refractivity contribution >= 4 is 11.3 Å². The highest BCUT2D eigenvalue weighted by atomic mass is 32.1. The van der Waals surface area contributed by atoms with Crippen LogP contribution in [0.1, 0.15) is 16.1 Å². The molecular weight excluding hydrogens is 223 g/mol. The third kappa shape index (κ3) is 2.65. The second-order valence-electron chi connectivity index (χ2n) is 3.56. The van der Waals surface area contributed by atoms with Gasteiger partial charge in [0.25, 0.3) is 0 Å². The van der Waals surface area contributed by atoms with Crippen LogP contribution in [-0.2, 0) is 13.0 Å². The summed E-state index contributed by atoms with van der Waals surface area (Å²) in [6.45, 7) is 0.559. The lowest BCUT2D eigenvalue weighted by Crippen LogP contribution is -2.07. The topological polar surface area (TPSA) is 24.9 Å². The van der Waals surface area contributed by atoms with Crippen LogP contribution in [0.4, 0.5) is 4.39 Å². The predicted molar refractivity (Wildman–Crippen MR) is 64.1 cm³/mol. The van der Waals surface area contributed by atoms with Crippen LogP contribution in [-0.4, -0.2) is 12.0 Å². The Balaban J connectivity index is 2.15. The zero-order valence-electron chi connectivity index (χ0n) is 9.03. The molecule has 4 heteroatoms. The van der Waals surface area contributed by atoms with Gasteiger partial charge in [-0.2, -0.15) is 0 Å². The Bertz CT molecular complexity index is 454. The first kappa shape index (κ1) is 11.2. The highest BCUT2D eigenvalue weighted by molar-refractivity contribution is 7.09. The standard InChI is InChI=1S/C12H13FN2S/c1-14-8-10-3-2-9(6-11(10)13)7-12-15-4-5-16-12/h2-6,14H,7-8H2,1H3. The normalized spacial score (nSPS) is 10.6. The molecule has 0 amide bonds. The molecule has 0 saturated heterocycles. The van der Waals surface area contributed by atoms with Crippen molar-refractivity contribution in [3.05, 3.63) is 51.7 Å². The third-order valence-corrected chi connectivity index (χ3v) is 3.10. The van der Waals surface area contributed by atoms with Crippen LogP contribution in [0.2, 0.25) is 0 Å². The number of aromatic nitrogens is 1. The van der Waals surface area contributed by atoms with Crippen molar-refractivity contribution in [3.8, 4) is 0 Å². The molecule has 1 aromatic carbocycles. The van der Waals surface area contributed by atoms with Gasteiger partial charge in [0.2, 0.25) is 0 Å². The summed E-state index contributed by atoms with van der Waals surface area (Å²) in [6.07, 6.45) is 2.47. The van der Waals surface area contributed by atoms with Crippen molar-refractivity contribution in [3.63, 3.8) is 0 Å². The SMILES string of the molecule is CNCc1ccc(Cc2nccs2)cc1F. The quantitative estimate of drug-likeness (QED) is 0.882. The van der Waals surface area contributed by atoms with E-state index in [1.54, 1.807) is 23.6 Å². The molecule has 0 aliphatic heterocycles. The van der Waals surface area contributed by atoms with E-state index in [4.69, 9.17) is 0 Å². The molecule has 0 aliphatic rings. The molecular formula is C12H13FN2S. The second kappa shape index (κ2) is 5.18. The summed E-state index contributed by atoms with van der Waals surface area (Å²) in [6, 6.07) is 5.38. The van der Waals surface area contributed by atoms with Gasteiger partial charge in [-0.25, -0.2) is 9.37 Å². The maximum absolute atomic E-state index is 13.6. The summed E-state index contributed by atoms with van der Waals surface area (Å²) in [5.74, 6) is -0.150.